The van der Waals surface area contributed by atoms with Gasteiger partial charge in [-0.3, -0.25) is 0 Å². The predicted molar refractivity (Wildman–Crippen MR) is 74.2 cm³/mol. The fourth-order valence-electron chi connectivity index (χ4n) is 1.48. The molecule has 0 aliphatic carbocycles. The Labute approximate surface area is 103 Å². The van der Waals surface area contributed by atoms with Crippen molar-refractivity contribution in [2.45, 2.75) is 31.6 Å². The summed E-state index contributed by atoms with van der Waals surface area (Å²) in [7, 11) is 0. The molecule has 0 radical (unpaired) electrons. The molecule has 15 heavy (non-hydrogen) atoms. The van der Waals surface area contributed by atoms with Gasteiger partial charge in [0, 0.05) is 10.6 Å². The molecule has 0 aliphatic rings. The average molecular weight is 240 g/mol. The second-order valence-electron chi connectivity index (χ2n) is 3.96. The number of hydrogen-bond donors (Lipinski definition) is 1. The van der Waals surface area contributed by atoms with E-state index in [2.05, 4.69) is 50.7 Å². The highest BCUT2D eigenvalue weighted by atomic mass is 32.2. The van der Waals surface area contributed by atoms with Crippen LogP contribution in [0.15, 0.2) is 29.2 Å². The van der Waals surface area contributed by atoms with E-state index in [0.29, 0.717) is 0 Å². The lowest BCUT2D eigenvalue weighted by molar-refractivity contribution is 0.595. The van der Waals surface area contributed by atoms with Crippen molar-refractivity contribution in [3.05, 3.63) is 29.8 Å². The first-order valence-corrected chi connectivity index (χ1v) is 7.18. The summed E-state index contributed by atoms with van der Waals surface area (Å²) in [6.07, 6.45) is 2.56. The van der Waals surface area contributed by atoms with Crippen LogP contribution in [0.3, 0.4) is 0 Å². The smallest absolute Gasteiger partial charge is 0.00722 e. The molecule has 2 heteroatoms. The fourth-order valence-corrected chi connectivity index (χ4v) is 3.01. The van der Waals surface area contributed by atoms with Gasteiger partial charge < -0.3 is 0 Å². The molecule has 0 aliphatic heterocycles. The van der Waals surface area contributed by atoms with Gasteiger partial charge in [0.2, 0.25) is 0 Å². The summed E-state index contributed by atoms with van der Waals surface area (Å²) < 4.78 is 0. The van der Waals surface area contributed by atoms with Crippen LogP contribution in [-0.4, -0.2) is 11.5 Å². The summed E-state index contributed by atoms with van der Waals surface area (Å²) in [4.78, 5) is 1.38. The quantitative estimate of drug-likeness (QED) is 0.567. The molecule has 1 aromatic rings. The van der Waals surface area contributed by atoms with Crippen molar-refractivity contribution in [2.75, 3.05) is 11.5 Å². The normalized spacial score (nSPS) is 12.7. The third-order valence-corrected chi connectivity index (χ3v) is 4.22. The topological polar surface area (TPSA) is 0 Å². The lowest BCUT2D eigenvalue weighted by Crippen LogP contribution is -2.04. The Morgan fingerprint density at radius 1 is 1.27 bits per heavy atom. The maximum absolute atomic E-state index is 4.40. The van der Waals surface area contributed by atoms with Crippen LogP contribution in [0.5, 0.6) is 0 Å². The first-order valence-electron chi connectivity index (χ1n) is 5.56. The summed E-state index contributed by atoms with van der Waals surface area (Å²) >= 11 is 6.35. The van der Waals surface area contributed by atoms with Gasteiger partial charge in [0.05, 0.1) is 0 Å². The standard InChI is InChI=1S/C13H20S2/c1-3-4-12(9-14)10-15-13-7-5-11(2)6-8-13/h5-8,12,14H,3-4,9-10H2,1-2H3. The predicted octanol–water partition coefficient (Wildman–Crippen LogP) is 4.43. The van der Waals surface area contributed by atoms with Gasteiger partial charge in [-0.1, -0.05) is 31.0 Å². The van der Waals surface area contributed by atoms with E-state index in [4.69, 9.17) is 0 Å². The maximum Gasteiger partial charge on any atom is 0.00722 e. The maximum atomic E-state index is 4.40. The Balaban J connectivity index is 2.38. The van der Waals surface area contributed by atoms with Gasteiger partial charge in [0.1, 0.15) is 0 Å². The van der Waals surface area contributed by atoms with Crippen LogP contribution in [0.2, 0.25) is 0 Å². The van der Waals surface area contributed by atoms with Crippen molar-refractivity contribution < 1.29 is 0 Å². The molecule has 84 valence electrons. The molecular weight excluding hydrogens is 220 g/mol. The molecule has 1 unspecified atom stereocenters. The van der Waals surface area contributed by atoms with Crippen LogP contribution in [-0.2, 0) is 0 Å². The Kier molecular flexibility index (Phi) is 6.26. The van der Waals surface area contributed by atoms with Crippen molar-refractivity contribution in [2.24, 2.45) is 5.92 Å². The van der Waals surface area contributed by atoms with E-state index in [-0.39, 0.29) is 0 Å². The molecule has 0 bridgehead atoms. The van der Waals surface area contributed by atoms with Crippen molar-refractivity contribution in [3.63, 3.8) is 0 Å². The number of thioether (sulfide) groups is 1. The third-order valence-electron chi connectivity index (χ3n) is 2.46. The third kappa shape index (κ3) is 4.98. The minimum absolute atomic E-state index is 0.754. The molecule has 0 saturated heterocycles. The zero-order chi connectivity index (χ0) is 11.1. The van der Waals surface area contributed by atoms with E-state index in [1.807, 2.05) is 11.8 Å². The molecule has 0 heterocycles. The van der Waals surface area contributed by atoms with Gasteiger partial charge in [-0.2, -0.15) is 12.6 Å². The van der Waals surface area contributed by atoms with Gasteiger partial charge in [-0.05, 0) is 37.1 Å². The number of aryl methyl sites for hydroxylation is 1. The van der Waals surface area contributed by atoms with E-state index in [1.165, 1.54) is 29.1 Å². The Morgan fingerprint density at radius 2 is 1.93 bits per heavy atom. The molecule has 0 nitrogen and oxygen atoms in total. The second kappa shape index (κ2) is 7.24. The number of thiol groups is 1. The van der Waals surface area contributed by atoms with Gasteiger partial charge in [-0.15, -0.1) is 11.8 Å². The van der Waals surface area contributed by atoms with Crippen LogP contribution >= 0.6 is 24.4 Å². The minimum Gasteiger partial charge on any atom is -0.179 e. The van der Waals surface area contributed by atoms with Crippen LogP contribution in [0, 0.1) is 12.8 Å². The number of rotatable bonds is 6. The van der Waals surface area contributed by atoms with Gasteiger partial charge in [0.25, 0.3) is 0 Å². The fraction of sp³-hybridized carbons (Fsp3) is 0.538. The largest absolute Gasteiger partial charge is 0.179 e. The highest BCUT2D eigenvalue weighted by Crippen LogP contribution is 2.23. The molecule has 0 spiro atoms. The van der Waals surface area contributed by atoms with E-state index in [0.717, 1.165) is 11.7 Å². The van der Waals surface area contributed by atoms with Crippen LogP contribution in [0.4, 0.5) is 0 Å². The van der Waals surface area contributed by atoms with E-state index < -0.39 is 0 Å². The van der Waals surface area contributed by atoms with Gasteiger partial charge in [0.15, 0.2) is 0 Å². The molecule has 1 aromatic carbocycles. The van der Waals surface area contributed by atoms with Crippen molar-refractivity contribution in [1.82, 2.24) is 0 Å². The Morgan fingerprint density at radius 3 is 2.47 bits per heavy atom. The summed E-state index contributed by atoms with van der Waals surface area (Å²) in [6, 6.07) is 8.78. The average Bonchev–Trinajstić information content (AvgIpc) is 2.26. The van der Waals surface area contributed by atoms with Crippen molar-refractivity contribution in [1.29, 1.82) is 0 Å². The van der Waals surface area contributed by atoms with E-state index >= 15 is 0 Å². The molecule has 1 atom stereocenters. The van der Waals surface area contributed by atoms with Crippen LogP contribution < -0.4 is 0 Å². The SMILES string of the molecule is CCCC(CS)CSc1ccc(C)cc1. The van der Waals surface area contributed by atoms with Gasteiger partial charge in [-0.25, -0.2) is 0 Å². The highest BCUT2D eigenvalue weighted by Gasteiger charge is 2.05. The molecule has 0 amide bonds. The van der Waals surface area contributed by atoms with E-state index in [9.17, 15) is 0 Å². The molecule has 0 fully saturated rings. The lowest BCUT2D eigenvalue weighted by atomic mass is 10.1. The van der Waals surface area contributed by atoms with Gasteiger partial charge >= 0.3 is 0 Å². The number of hydrogen-bond acceptors (Lipinski definition) is 2. The van der Waals surface area contributed by atoms with E-state index in [1.54, 1.807) is 0 Å². The summed E-state index contributed by atoms with van der Waals surface area (Å²) in [5.74, 6) is 2.96. The minimum atomic E-state index is 0.754. The first kappa shape index (κ1) is 13.0. The monoisotopic (exact) mass is 240 g/mol. The molecule has 0 saturated carbocycles. The van der Waals surface area contributed by atoms with Crippen LogP contribution in [0.25, 0.3) is 0 Å². The van der Waals surface area contributed by atoms with Crippen molar-refractivity contribution in [3.8, 4) is 0 Å². The van der Waals surface area contributed by atoms with Crippen molar-refractivity contribution >= 4 is 24.4 Å². The summed E-state index contributed by atoms with van der Waals surface area (Å²) in [5, 5.41) is 0. The Hall–Kier alpha value is -0.0800. The summed E-state index contributed by atoms with van der Waals surface area (Å²) in [5.41, 5.74) is 1.33. The molecule has 0 N–H and O–H groups in total. The number of benzene rings is 1. The summed E-state index contributed by atoms with van der Waals surface area (Å²) in [6.45, 7) is 4.37. The van der Waals surface area contributed by atoms with Crippen LogP contribution in [0.1, 0.15) is 25.3 Å². The Bertz CT molecular complexity index is 266. The molecule has 1 rings (SSSR count). The molecule has 0 aromatic heterocycles. The molecular formula is C13H20S2. The lowest BCUT2D eigenvalue weighted by Gasteiger charge is -2.12. The first-order chi connectivity index (χ1) is 7.26. The zero-order valence-electron chi connectivity index (χ0n) is 9.57. The zero-order valence-corrected chi connectivity index (χ0v) is 11.3. The second-order valence-corrected chi connectivity index (χ2v) is 5.42. The highest BCUT2D eigenvalue weighted by molar-refractivity contribution is 7.99.